The van der Waals surface area contributed by atoms with Crippen LogP contribution in [0, 0.1) is 5.82 Å². The maximum absolute atomic E-state index is 12.9. The first-order valence-corrected chi connectivity index (χ1v) is 7.19. The van der Waals surface area contributed by atoms with Crippen molar-refractivity contribution in [2.24, 2.45) is 0 Å². The monoisotopic (exact) mass is 303 g/mol. The minimum absolute atomic E-state index is 0.0218. The fraction of sp³-hybridized carbons (Fsp3) is 0.312. The van der Waals surface area contributed by atoms with Gasteiger partial charge in [0.15, 0.2) is 0 Å². The van der Waals surface area contributed by atoms with Crippen molar-refractivity contribution in [2.75, 3.05) is 6.54 Å². The van der Waals surface area contributed by atoms with Gasteiger partial charge in [0.05, 0.1) is 12.0 Å². The van der Waals surface area contributed by atoms with E-state index in [4.69, 9.17) is 0 Å². The van der Waals surface area contributed by atoms with Gasteiger partial charge >= 0.3 is 0 Å². The molecule has 0 unspecified atom stereocenters. The molecule has 0 saturated heterocycles. The van der Waals surface area contributed by atoms with Gasteiger partial charge < -0.3 is 5.32 Å². The van der Waals surface area contributed by atoms with E-state index >= 15 is 0 Å². The second-order valence-corrected chi connectivity index (χ2v) is 4.91. The smallest absolute Gasteiger partial charge is 0.253 e. The fourth-order valence-corrected chi connectivity index (χ4v) is 2.00. The third-order valence-electron chi connectivity index (χ3n) is 3.17. The average molecular weight is 303 g/mol. The van der Waals surface area contributed by atoms with Crippen LogP contribution in [0.1, 0.15) is 19.8 Å². The molecule has 0 aliphatic rings. The maximum atomic E-state index is 12.9. The molecule has 1 aromatic carbocycles. The Morgan fingerprint density at radius 1 is 1.32 bits per heavy atom. The molecule has 1 amide bonds. The van der Waals surface area contributed by atoms with Gasteiger partial charge in [-0.1, -0.05) is 6.92 Å². The summed E-state index contributed by atoms with van der Waals surface area (Å²) in [5.41, 5.74) is 0.970. The van der Waals surface area contributed by atoms with E-state index in [0.29, 0.717) is 30.8 Å². The highest BCUT2D eigenvalue weighted by Gasteiger charge is 2.04. The molecule has 0 atom stereocenters. The van der Waals surface area contributed by atoms with Crippen molar-refractivity contribution in [1.29, 1.82) is 0 Å². The van der Waals surface area contributed by atoms with Crippen molar-refractivity contribution in [3.8, 4) is 11.3 Å². The van der Waals surface area contributed by atoms with Crippen molar-refractivity contribution < 1.29 is 9.18 Å². The number of carbonyl (C=O) groups excluding carboxylic acids is 1. The number of nitrogens with one attached hydrogen (secondary N) is 1. The van der Waals surface area contributed by atoms with Crippen molar-refractivity contribution in [2.45, 2.75) is 26.3 Å². The third kappa shape index (κ3) is 4.25. The second-order valence-electron chi connectivity index (χ2n) is 4.91. The van der Waals surface area contributed by atoms with Crippen molar-refractivity contribution in [3.05, 3.63) is 52.8 Å². The Labute approximate surface area is 127 Å². The predicted molar refractivity (Wildman–Crippen MR) is 81.8 cm³/mol. The van der Waals surface area contributed by atoms with Crippen LogP contribution in [-0.4, -0.2) is 22.0 Å². The van der Waals surface area contributed by atoms with Gasteiger partial charge in [0.1, 0.15) is 5.82 Å². The van der Waals surface area contributed by atoms with Crippen LogP contribution >= 0.6 is 0 Å². The zero-order valence-electron chi connectivity index (χ0n) is 12.4. The molecule has 2 rings (SSSR count). The summed E-state index contributed by atoms with van der Waals surface area (Å²) in [7, 11) is 0. The van der Waals surface area contributed by atoms with Gasteiger partial charge in [-0.2, -0.15) is 0 Å². The minimum atomic E-state index is -0.333. The summed E-state index contributed by atoms with van der Waals surface area (Å²) in [4.78, 5) is 27.6. The molecule has 0 bridgehead atoms. The lowest BCUT2D eigenvalue weighted by Crippen LogP contribution is -2.30. The first-order valence-electron chi connectivity index (χ1n) is 7.19. The molecule has 1 heterocycles. The molecular formula is C16H18FN3O2. The summed E-state index contributed by atoms with van der Waals surface area (Å²) in [5, 5.41) is 2.74. The highest BCUT2D eigenvalue weighted by molar-refractivity contribution is 5.75. The molecule has 0 aliphatic heterocycles. The second kappa shape index (κ2) is 7.49. The number of rotatable bonds is 6. The minimum Gasteiger partial charge on any atom is -0.354 e. The van der Waals surface area contributed by atoms with E-state index in [0.717, 1.165) is 6.42 Å². The number of hydrogen-bond acceptors (Lipinski definition) is 3. The van der Waals surface area contributed by atoms with Crippen molar-refractivity contribution >= 4 is 5.91 Å². The Morgan fingerprint density at radius 2 is 2.05 bits per heavy atom. The maximum Gasteiger partial charge on any atom is 0.253 e. The fourth-order valence-electron chi connectivity index (χ4n) is 2.00. The van der Waals surface area contributed by atoms with Crippen LogP contribution < -0.4 is 10.9 Å². The van der Waals surface area contributed by atoms with E-state index < -0.39 is 0 Å². The van der Waals surface area contributed by atoms with E-state index in [2.05, 4.69) is 10.3 Å². The van der Waals surface area contributed by atoms with Crippen LogP contribution in [0.5, 0.6) is 0 Å². The van der Waals surface area contributed by atoms with Crippen LogP contribution in [0.15, 0.2) is 41.5 Å². The highest BCUT2D eigenvalue weighted by atomic mass is 19.1. The van der Waals surface area contributed by atoms with Crippen molar-refractivity contribution in [3.63, 3.8) is 0 Å². The van der Waals surface area contributed by atoms with E-state index in [-0.39, 0.29) is 17.3 Å². The standard InChI is InChI=1S/C16H18FN3O2/c1-2-3-15(21)18-8-9-20-11-19-14(10-16(20)22)12-4-6-13(17)7-5-12/h4-7,10-11H,2-3,8-9H2,1H3,(H,18,21). The molecule has 0 saturated carbocycles. The molecule has 0 radical (unpaired) electrons. The largest absolute Gasteiger partial charge is 0.354 e. The molecule has 116 valence electrons. The Kier molecular flexibility index (Phi) is 5.41. The summed E-state index contributed by atoms with van der Waals surface area (Å²) in [5.74, 6) is -0.355. The number of carbonyl (C=O) groups is 1. The lowest BCUT2D eigenvalue weighted by atomic mass is 10.1. The van der Waals surface area contributed by atoms with Crippen molar-refractivity contribution in [1.82, 2.24) is 14.9 Å². The van der Waals surface area contributed by atoms with Crippen LogP contribution in [0.3, 0.4) is 0 Å². The van der Waals surface area contributed by atoms with Gasteiger partial charge in [-0.3, -0.25) is 14.2 Å². The molecule has 22 heavy (non-hydrogen) atoms. The zero-order chi connectivity index (χ0) is 15.9. The highest BCUT2D eigenvalue weighted by Crippen LogP contribution is 2.14. The number of hydrogen-bond donors (Lipinski definition) is 1. The van der Waals surface area contributed by atoms with E-state index in [9.17, 15) is 14.0 Å². The van der Waals surface area contributed by atoms with Gasteiger partial charge in [-0.05, 0) is 30.7 Å². The number of nitrogens with zero attached hydrogens (tertiary/aromatic N) is 2. The lowest BCUT2D eigenvalue weighted by molar-refractivity contribution is -0.121. The van der Waals surface area contributed by atoms with Crippen LogP contribution in [0.25, 0.3) is 11.3 Å². The van der Waals surface area contributed by atoms with Gasteiger partial charge in [0, 0.05) is 31.1 Å². The van der Waals surface area contributed by atoms with Crippen LogP contribution in [0.2, 0.25) is 0 Å². The molecule has 5 nitrogen and oxygen atoms in total. The predicted octanol–water partition coefficient (Wildman–Crippen LogP) is 1.97. The van der Waals surface area contributed by atoms with Gasteiger partial charge in [0.2, 0.25) is 5.91 Å². The number of halogens is 1. The summed E-state index contributed by atoms with van der Waals surface area (Å²) >= 11 is 0. The summed E-state index contributed by atoms with van der Waals surface area (Å²) in [6.45, 7) is 2.68. The first-order chi connectivity index (χ1) is 10.6. The quantitative estimate of drug-likeness (QED) is 0.887. The van der Waals surface area contributed by atoms with Gasteiger partial charge in [-0.25, -0.2) is 9.37 Å². The van der Waals surface area contributed by atoms with Crippen LogP contribution in [-0.2, 0) is 11.3 Å². The molecule has 6 heteroatoms. The Hall–Kier alpha value is -2.50. The Bertz CT molecular complexity index is 695. The van der Waals surface area contributed by atoms with E-state index in [1.165, 1.54) is 29.1 Å². The molecule has 0 fully saturated rings. The first kappa shape index (κ1) is 15.9. The third-order valence-corrected chi connectivity index (χ3v) is 3.17. The Morgan fingerprint density at radius 3 is 2.68 bits per heavy atom. The number of amides is 1. The van der Waals surface area contributed by atoms with Crippen LogP contribution in [0.4, 0.5) is 4.39 Å². The average Bonchev–Trinajstić information content (AvgIpc) is 2.50. The molecule has 1 N–H and O–H groups in total. The summed E-state index contributed by atoms with van der Waals surface area (Å²) < 4.78 is 14.3. The molecule has 1 aromatic heterocycles. The summed E-state index contributed by atoms with van der Waals surface area (Å²) in [6, 6.07) is 7.21. The molecule has 2 aromatic rings. The summed E-state index contributed by atoms with van der Waals surface area (Å²) in [6.07, 6.45) is 2.71. The van der Waals surface area contributed by atoms with Gasteiger partial charge in [0.25, 0.3) is 5.56 Å². The van der Waals surface area contributed by atoms with Gasteiger partial charge in [-0.15, -0.1) is 0 Å². The number of benzene rings is 1. The molecular weight excluding hydrogens is 285 g/mol. The Balaban J connectivity index is 2.02. The molecule has 0 spiro atoms. The number of aromatic nitrogens is 2. The normalized spacial score (nSPS) is 10.5. The SMILES string of the molecule is CCCC(=O)NCCn1cnc(-c2ccc(F)cc2)cc1=O. The topological polar surface area (TPSA) is 64.0 Å². The zero-order valence-corrected chi connectivity index (χ0v) is 12.4. The van der Waals surface area contributed by atoms with E-state index in [1.807, 2.05) is 6.92 Å². The van der Waals surface area contributed by atoms with E-state index in [1.54, 1.807) is 12.1 Å². The molecule has 0 aliphatic carbocycles. The lowest BCUT2D eigenvalue weighted by Gasteiger charge is -2.08.